The molecule has 162 valence electrons. The molecule has 1 saturated heterocycles. The van der Waals surface area contributed by atoms with Crippen LogP contribution in [0.5, 0.6) is 11.5 Å². The summed E-state index contributed by atoms with van der Waals surface area (Å²) in [7, 11) is 0. The number of anilines is 1. The molecule has 0 aromatic heterocycles. The van der Waals surface area contributed by atoms with Gasteiger partial charge in [0.05, 0.1) is 23.4 Å². The lowest BCUT2D eigenvalue weighted by Gasteiger charge is -2.26. The normalized spacial score (nSPS) is 15.5. The highest BCUT2D eigenvalue weighted by atomic mass is 35.5. The summed E-state index contributed by atoms with van der Waals surface area (Å²) in [5, 5.41) is 2.35. The quantitative estimate of drug-likeness (QED) is 0.527. The molecule has 0 spiro atoms. The highest BCUT2D eigenvalue weighted by molar-refractivity contribution is 6.39. The van der Waals surface area contributed by atoms with Crippen LogP contribution in [-0.4, -0.2) is 30.6 Å². The molecule has 2 aromatic carbocycles. The third-order valence-corrected chi connectivity index (χ3v) is 4.46. The van der Waals surface area contributed by atoms with Crippen LogP contribution in [0.2, 0.25) is 5.02 Å². The Kier molecular flexibility index (Phi) is 6.60. The van der Waals surface area contributed by atoms with Crippen LogP contribution in [0.3, 0.4) is 0 Å². The van der Waals surface area contributed by atoms with E-state index in [0.29, 0.717) is 23.7 Å². The summed E-state index contributed by atoms with van der Waals surface area (Å²) in [6.07, 6.45) is 1.15. The Morgan fingerprint density at radius 1 is 1.16 bits per heavy atom. The van der Waals surface area contributed by atoms with E-state index < -0.39 is 23.7 Å². The first-order valence-corrected chi connectivity index (χ1v) is 9.89. The van der Waals surface area contributed by atoms with Crippen LogP contribution >= 0.6 is 11.6 Å². The molecule has 0 unspecified atom stereocenters. The largest absolute Gasteiger partial charge is 0.490 e. The van der Waals surface area contributed by atoms with Crippen LogP contribution in [0, 0.1) is 5.82 Å². The number of nitrogens with one attached hydrogen (secondary N) is 1. The van der Waals surface area contributed by atoms with Gasteiger partial charge in [-0.25, -0.2) is 14.1 Å². The number of ether oxygens (including phenoxy) is 2. The highest BCUT2D eigenvalue weighted by Gasteiger charge is 2.36. The molecule has 7 nitrogen and oxygen atoms in total. The molecule has 1 fully saturated rings. The molecule has 0 radical (unpaired) electrons. The fourth-order valence-corrected chi connectivity index (χ4v) is 3.20. The number of hydrogen-bond acceptors (Lipinski definition) is 5. The number of barbiturate groups is 1. The molecular formula is C22H20ClFN2O5. The Morgan fingerprint density at radius 3 is 2.45 bits per heavy atom. The van der Waals surface area contributed by atoms with Gasteiger partial charge in [0.25, 0.3) is 11.8 Å². The first-order chi connectivity index (χ1) is 14.7. The third-order valence-electron chi connectivity index (χ3n) is 4.18. The van der Waals surface area contributed by atoms with Crippen molar-refractivity contribution in [1.82, 2.24) is 5.32 Å². The highest BCUT2D eigenvalue weighted by Crippen LogP contribution is 2.38. The van der Waals surface area contributed by atoms with Crippen LogP contribution in [0.4, 0.5) is 14.9 Å². The number of nitrogens with zero attached hydrogens (tertiary/aromatic N) is 1. The third kappa shape index (κ3) is 4.86. The van der Waals surface area contributed by atoms with Crippen molar-refractivity contribution < 1.29 is 28.2 Å². The molecule has 0 aliphatic carbocycles. The van der Waals surface area contributed by atoms with Gasteiger partial charge in [-0.2, -0.15) is 0 Å². The maximum atomic E-state index is 13.2. The first-order valence-electron chi connectivity index (χ1n) is 9.51. The van der Waals surface area contributed by atoms with E-state index in [1.165, 1.54) is 24.3 Å². The van der Waals surface area contributed by atoms with Gasteiger partial charge in [0.1, 0.15) is 11.4 Å². The van der Waals surface area contributed by atoms with Crippen molar-refractivity contribution in [3.63, 3.8) is 0 Å². The fraction of sp³-hybridized carbons (Fsp3) is 0.227. The van der Waals surface area contributed by atoms with Crippen molar-refractivity contribution >= 4 is 41.2 Å². The van der Waals surface area contributed by atoms with Gasteiger partial charge in [-0.3, -0.25) is 14.9 Å². The number of imide groups is 2. The average Bonchev–Trinajstić information content (AvgIpc) is 2.69. The summed E-state index contributed by atoms with van der Waals surface area (Å²) in [6.45, 7) is 5.82. The average molecular weight is 447 g/mol. The minimum absolute atomic E-state index is 0.121. The number of carbonyl (C=O) groups excluding carboxylic acids is 3. The molecular weight excluding hydrogens is 427 g/mol. The van der Waals surface area contributed by atoms with Crippen LogP contribution < -0.4 is 19.7 Å². The topological polar surface area (TPSA) is 84.9 Å². The second kappa shape index (κ2) is 9.18. The molecule has 9 heteroatoms. The molecule has 1 N–H and O–H groups in total. The van der Waals surface area contributed by atoms with Gasteiger partial charge < -0.3 is 9.47 Å². The van der Waals surface area contributed by atoms with E-state index in [0.717, 1.165) is 17.0 Å². The zero-order valence-electron chi connectivity index (χ0n) is 17.1. The lowest BCUT2D eigenvalue weighted by atomic mass is 10.1. The molecule has 1 aliphatic heterocycles. The SMILES string of the molecule is CCOc1cc(/C=C2\C(=O)NC(=O)N(c3ccc(F)cc3)C2=O)cc(Cl)c1OC(C)C. The number of amides is 4. The van der Waals surface area contributed by atoms with E-state index >= 15 is 0 Å². The minimum Gasteiger partial charge on any atom is -0.490 e. The van der Waals surface area contributed by atoms with Gasteiger partial charge in [0.2, 0.25) is 0 Å². The van der Waals surface area contributed by atoms with Crippen LogP contribution in [0.25, 0.3) is 6.08 Å². The summed E-state index contributed by atoms with van der Waals surface area (Å²) in [5.74, 6) is -1.53. The number of hydrogen-bond donors (Lipinski definition) is 1. The van der Waals surface area contributed by atoms with Gasteiger partial charge in [0.15, 0.2) is 11.5 Å². The Balaban J connectivity index is 2.02. The molecule has 1 aliphatic rings. The van der Waals surface area contributed by atoms with E-state index in [-0.39, 0.29) is 22.4 Å². The van der Waals surface area contributed by atoms with Gasteiger partial charge >= 0.3 is 6.03 Å². The van der Waals surface area contributed by atoms with Crippen molar-refractivity contribution in [2.45, 2.75) is 26.9 Å². The van der Waals surface area contributed by atoms with Gasteiger partial charge in [-0.05, 0) is 68.8 Å². The minimum atomic E-state index is -0.924. The zero-order chi connectivity index (χ0) is 22.7. The second-order valence-electron chi connectivity index (χ2n) is 6.86. The van der Waals surface area contributed by atoms with Crippen molar-refractivity contribution in [3.8, 4) is 11.5 Å². The van der Waals surface area contributed by atoms with Crippen molar-refractivity contribution in [3.05, 3.63) is 58.4 Å². The van der Waals surface area contributed by atoms with Gasteiger partial charge in [-0.15, -0.1) is 0 Å². The predicted molar refractivity (Wildman–Crippen MR) is 114 cm³/mol. The molecule has 0 saturated carbocycles. The summed E-state index contributed by atoms with van der Waals surface area (Å²) >= 11 is 6.35. The summed E-state index contributed by atoms with van der Waals surface area (Å²) in [4.78, 5) is 38.3. The lowest BCUT2D eigenvalue weighted by molar-refractivity contribution is -0.122. The van der Waals surface area contributed by atoms with E-state index in [2.05, 4.69) is 5.32 Å². The van der Waals surface area contributed by atoms with Gasteiger partial charge in [0, 0.05) is 0 Å². The van der Waals surface area contributed by atoms with Crippen molar-refractivity contribution in [2.24, 2.45) is 0 Å². The van der Waals surface area contributed by atoms with E-state index in [4.69, 9.17) is 21.1 Å². The number of carbonyl (C=O) groups is 3. The molecule has 4 amide bonds. The molecule has 1 heterocycles. The summed E-state index contributed by atoms with van der Waals surface area (Å²) < 4.78 is 24.5. The number of urea groups is 1. The van der Waals surface area contributed by atoms with E-state index in [9.17, 15) is 18.8 Å². The van der Waals surface area contributed by atoms with Gasteiger partial charge in [-0.1, -0.05) is 11.6 Å². The molecule has 2 aromatic rings. The molecule has 3 rings (SSSR count). The molecule has 0 atom stereocenters. The smallest absolute Gasteiger partial charge is 0.335 e. The molecule has 0 bridgehead atoms. The standard InChI is InChI=1S/C22H20ClFN2O5/c1-4-30-18-11-13(10-17(23)19(18)31-12(2)3)9-16-20(27)25-22(29)26(21(16)28)15-7-5-14(24)6-8-15/h5-12H,4H2,1-3H3,(H,25,27,29)/b16-9+. The lowest BCUT2D eigenvalue weighted by Crippen LogP contribution is -2.54. The Morgan fingerprint density at radius 2 is 1.84 bits per heavy atom. The molecule has 31 heavy (non-hydrogen) atoms. The van der Waals surface area contributed by atoms with Crippen LogP contribution in [0.15, 0.2) is 42.0 Å². The van der Waals surface area contributed by atoms with Crippen molar-refractivity contribution in [2.75, 3.05) is 11.5 Å². The summed E-state index contributed by atoms with van der Waals surface area (Å²) in [5.41, 5.74) is 0.229. The first kappa shape index (κ1) is 22.3. The predicted octanol–water partition coefficient (Wildman–Crippen LogP) is 4.33. The second-order valence-corrected chi connectivity index (χ2v) is 7.27. The van der Waals surface area contributed by atoms with E-state index in [1.54, 1.807) is 13.0 Å². The van der Waals surface area contributed by atoms with Crippen LogP contribution in [-0.2, 0) is 9.59 Å². The zero-order valence-corrected chi connectivity index (χ0v) is 17.8. The monoisotopic (exact) mass is 446 g/mol. The van der Waals surface area contributed by atoms with Crippen LogP contribution in [0.1, 0.15) is 26.3 Å². The number of rotatable bonds is 6. The van der Waals surface area contributed by atoms with Crippen molar-refractivity contribution in [1.29, 1.82) is 0 Å². The maximum Gasteiger partial charge on any atom is 0.335 e. The fourth-order valence-electron chi connectivity index (χ4n) is 2.93. The Labute approximate surface area is 183 Å². The Bertz CT molecular complexity index is 1070. The maximum absolute atomic E-state index is 13.2. The summed E-state index contributed by atoms with van der Waals surface area (Å²) in [6, 6.07) is 6.93. The Hall–Kier alpha value is -3.39. The number of benzene rings is 2. The van der Waals surface area contributed by atoms with E-state index in [1.807, 2.05) is 13.8 Å². The number of halogens is 2.